The highest BCUT2D eigenvalue weighted by Crippen LogP contribution is 2.41. The molecular formula is C30H34N4O4. The maximum atomic E-state index is 13.6. The average molecular weight is 515 g/mol. The second kappa shape index (κ2) is 9.49. The van der Waals surface area contributed by atoms with Gasteiger partial charge in [0.1, 0.15) is 11.5 Å². The summed E-state index contributed by atoms with van der Waals surface area (Å²) in [5, 5.41) is 3.25. The second-order valence-electron chi connectivity index (χ2n) is 10.9. The van der Waals surface area contributed by atoms with E-state index < -0.39 is 5.54 Å². The second-order valence-corrected chi connectivity index (χ2v) is 10.9. The van der Waals surface area contributed by atoms with Gasteiger partial charge in [0.25, 0.3) is 5.91 Å². The van der Waals surface area contributed by atoms with Crippen molar-refractivity contribution in [2.75, 3.05) is 13.2 Å². The molecule has 5 heterocycles. The van der Waals surface area contributed by atoms with Crippen LogP contribution in [0.2, 0.25) is 0 Å². The van der Waals surface area contributed by atoms with Gasteiger partial charge in [0, 0.05) is 29.0 Å². The van der Waals surface area contributed by atoms with Crippen molar-refractivity contribution in [1.29, 1.82) is 0 Å². The normalized spacial score (nSPS) is 29.3. The Morgan fingerprint density at radius 1 is 1.13 bits per heavy atom. The molecule has 0 aliphatic carbocycles. The summed E-state index contributed by atoms with van der Waals surface area (Å²) in [5.74, 6) is 1.60. The molecule has 0 fully saturated rings. The van der Waals surface area contributed by atoms with Crippen LogP contribution in [0.5, 0.6) is 11.5 Å². The number of nitrogens with zero attached hydrogens (tertiary/aromatic N) is 2. The fraction of sp³-hybridized carbons (Fsp3) is 0.433. The third-order valence-electron chi connectivity index (χ3n) is 8.41. The lowest BCUT2D eigenvalue weighted by molar-refractivity contribution is -0.132. The number of hydrogen-bond acceptors (Lipinski definition) is 6. The predicted molar refractivity (Wildman–Crippen MR) is 145 cm³/mol. The van der Waals surface area contributed by atoms with Crippen molar-refractivity contribution in [2.24, 2.45) is 16.6 Å². The van der Waals surface area contributed by atoms with Crippen LogP contribution in [0.25, 0.3) is 6.08 Å². The Balaban J connectivity index is 1.47. The highest BCUT2D eigenvalue weighted by Gasteiger charge is 2.42. The molecule has 8 nitrogen and oxygen atoms in total. The number of fused-ring (bicyclic) bond motifs is 4. The van der Waals surface area contributed by atoms with E-state index in [-0.39, 0.29) is 35.8 Å². The van der Waals surface area contributed by atoms with Gasteiger partial charge in [0.05, 0.1) is 37.3 Å². The quantitative estimate of drug-likeness (QED) is 0.582. The summed E-state index contributed by atoms with van der Waals surface area (Å²) in [7, 11) is 0. The Labute approximate surface area is 222 Å². The van der Waals surface area contributed by atoms with Gasteiger partial charge in [0.15, 0.2) is 5.96 Å². The number of allylic oxidation sites excluding steroid dienone is 1. The zero-order valence-corrected chi connectivity index (χ0v) is 21.9. The molecule has 0 saturated heterocycles. The lowest BCUT2D eigenvalue weighted by Gasteiger charge is -2.42. The van der Waals surface area contributed by atoms with Gasteiger partial charge in [-0.25, -0.2) is 4.99 Å². The van der Waals surface area contributed by atoms with Crippen molar-refractivity contribution < 1.29 is 19.1 Å². The molecule has 0 saturated carbocycles. The van der Waals surface area contributed by atoms with Crippen molar-refractivity contribution in [1.82, 2.24) is 10.2 Å². The molecule has 7 rings (SSSR count). The molecule has 2 aromatic rings. The van der Waals surface area contributed by atoms with Gasteiger partial charge in [-0.05, 0) is 55.2 Å². The van der Waals surface area contributed by atoms with Crippen molar-refractivity contribution in [3.05, 3.63) is 64.7 Å². The number of carbonyl (C=O) groups is 2. The topological polar surface area (TPSA) is 106 Å². The number of nitrogens with two attached hydrogens (primary N) is 1. The molecule has 0 radical (unpaired) electrons. The van der Waals surface area contributed by atoms with Gasteiger partial charge in [0.2, 0.25) is 5.91 Å². The molecule has 2 amide bonds. The van der Waals surface area contributed by atoms with Crippen LogP contribution in [-0.4, -0.2) is 41.4 Å². The van der Waals surface area contributed by atoms with Crippen molar-refractivity contribution in [3.8, 4) is 11.5 Å². The third kappa shape index (κ3) is 4.22. The zero-order chi connectivity index (χ0) is 26.4. The molecule has 0 spiro atoms. The van der Waals surface area contributed by atoms with E-state index >= 15 is 0 Å². The molecule has 0 aromatic heterocycles. The van der Waals surface area contributed by atoms with Crippen LogP contribution in [0.4, 0.5) is 0 Å². The zero-order valence-electron chi connectivity index (χ0n) is 21.9. The number of benzene rings is 2. The summed E-state index contributed by atoms with van der Waals surface area (Å²) in [6.07, 6.45) is 7.33. The Bertz CT molecular complexity index is 1350. The summed E-state index contributed by atoms with van der Waals surface area (Å²) in [6.45, 7) is 5.14. The molecule has 6 bridgehead atoms. The minimum absolute atomic E-state index is 0.0339. The predicted octanol–water partition coefficient (Wildman–Crippen LogP) is 4.51. The maximum Gasteiger partial charge on any atom is 0.251 e. The van der Waals surface area contributed by atoms with E-state index in [0.717, 1.165) is 41.7 Å². The Hall–Kier alpha value is -3.81. The monoisotopic (exact) mass is 514 g/mol. The summed E-state index contributed by atoms with van der Waals surface area (Å²) in [5.41, 5.74) is 9.31. The van der Waals surface area contributed by atoms with Gasteiger partial charge in [-0.3, -0.25) is 14.5 Å². The minimum atomic E-state index is -0.520. The number of hydrogen-bond donors (Lipinski definition) is 2. The van der Waals surface area contributed by atoms with E-state index in [1.807, 2.05) is 24.3 Å². The van der Waals surface area contributed by atoms with E-state index in [4.69, 9.17) is 20.2 Å². The van der Waals surface area contributed by atoms with E-state index in [2.05, 4.69) is 37.4 Å². The largest absolute Gasteiger partial charge is 0.493 e. The first-order chi connectivity index (χ1) is 18.4. The van der Waals surface area contributed by atoms with Crippen LogP contribution in [0.15, 0.2) is 47.5 Å². The van der Waals surface area contributed by atoms with Crippen LogP contribution >= 0.6 is 0 Å². The molecule has 3 N–H and O–H groups in total. The van der Waals surface area contributed by atoms with Gasteiger partial charge < -0.3 is 20.5 Å². The highest BCUT2D eigenvalue weighted by atomic mass is 16.5. The summed E-state index contributed by atoms with van der Waals surface area (Å²) in [6, 6.07) is 11.0. The summed E-state index contributed by atoms with van der Waals surface area (Å²) >= 11 is 0. The molecular weight excluding hydrogens is 480 g/mol. The number of carbonyl (C=O) groups excluding carboxylic acids is 2. The molecule has 5 aliphatic rings. The van der Waals surface area contributed by atoms with E-state index in [1.165, 1.54) is 0 Å². The molecule has 5 aliphatic heterocycles. The lowest BCUT2D eigenvalue weighted by Crippen LogP contribution is -2.53. The van der Waals surface area contributed by atoms with Crippen molar-refractivity contribution in [2.45, 2.75) is 63.6 Å². The van der Waals surface area contributed by atoms with E-state index in [0.29, 0.717) is 37.4 Å². The molecule has 4 atom stereocenters. The smallest absolute Gasteiger partial charge is 0.251 e. The summed E-state index contributed by atoms with van der Waals surface area (Å²) in [4.78, 5) is 33.7. The minimum Gasteiger partial charge on any atom is -0.493 e. The van der Waals surface area contributed by atoms with Gasteiger partial charge in [-0.2, -0.15) is 0 Å². The molecule has 38 heavy (non-hydrogen) atoms. The van der Waals surface area contributed by atoms with Crippen LogP contribution in [0.1, 0.15) is 85.1 Å². The van der Waals surface area contributed by atoms with Gasteiger partial charge >= 0.3 is 0 Å². The van der Waals surface area contributed by atoms with E-state index in [1.54, 1.807) is 11.0 Å². The number of amides is 2. The maximum absolute atomic E-state index is 13.6. The first-order valence-corrected chi connectivity index (χ1v) is 13.6. The molecule has 198 valence electrons. The number of aliphatic imine (C=N–C) groups is 1. The Morgan fingerprint density at radius 3 is 2.76 bits per heavy atom. The Morgan fingerprint density at radius 2 is 1.95 bits per heavy atom. The van der Waals surface area contributed by atoms with Crippen molar-refractivity contribution >= 4 is 23.8 Å². The van der Waals surface area contributed by atoms with Crippen LogP contribution in [0.3, 0.4) is 0 Å². The van der Waals surface area contributed by atoms with Crippen LogP contribution in [0, 0.1) is 5.92 Å². The lowest BCUT2D eigenvalue weighted by atomic mass is 9.84. The standard InChI is InChI=1S/C30H34N4O4/c1-3-30-12-5-4-6-19-7-9-25-22(14-19)27(18(2)17-38-25)32-28(36)20-8-10-24-21(15-20)23(11-13-37-24)34(26(35)16-30)29(31)33-30/h4,6-10,14-15,18,23,27H,3,5,11-13,16-17H2,1-2H3,(H2,31,33)(H,32,36)/b6-4+/t18-,23+,27-,30+/m0/s1. The van der Waals surface area contributed by atoms with Crippen LogP contribution in [-0.2, 0) is 4.79 Å². The summed E-state index contributed by atoms with van der Waals surface area (Å²) < 4.78 is 11.9. The first kappa shape index (κ1) is 24.5. The molecule has 2 aromatic carbocycles. The highest BCUT2D eigenvalue weighted by molar-refractivity contribution is 6.00. The van der Waals surface area contributed by atoms with Crippen molar-refractivity contribution in [3.63, 3.8) is 0 Å². The van der Waals surface area contributed by atoms with E-state index in [9.17, 15) is 9.59 Å². The fourth-order valence-corrected chi connectivity index (χ4v) is 6.16. The Kier molecular flexibility index (Phi) is 6.13. The first-order valence-electron chi connectivity index (χ1n) is 13.6. The SMILES string of the molecule is CC[C@@]12CC/C=C/c3ccc4c(c3)[C@@H](NC(=O)c3ccc5c(c3)[C@@H](CCO5)N(C(=O)C1)C(N)=N2)[C@@H](C)CO4. The fourth-order valence-electron chi connectivity index (χ4n) is 6.16. The average Bonchev–Trinajstić information content (AvgIpc) is 2.91. The molecule has 0 unspecified atom stereocenters. The third-order valence-corrected chi connectivity index (χ3v) is 8.41. The number of nitrogens with one attached hydrogen (secondary N) is 1. The number of guanidine groups is 1. The molecule has 8 heteroatoms. The van der Waals surface area contributed by atoms with Gasteiger partial charge in [-0.15, -0.1) is 0 Å². The van der Waals surface area contributed by atoms with Gasteiger partial charge in [-0.1, -0.05) is 32.1 Å². The number of rotatable bonds is 1. The number of ether oxygens (including phenoxy) is 2. The van der Waals surface area contributed by atoms with Crippen LogP contribution < -0.4 is 20.5 Å².